The average Bonchev–Trinajstić information content (AvgIpc) is 3.47. The van der Waals surface area contributed by atoms with E-state index < -0.39 is 40.5 Å². The highest BCUT2D eigenvalue weighted by atomic mass is 19.1. The van der Waals surface area contributed by atoms with Crippen LogP contribution in [-0.4, -0.2) is 40.2 Å². The van der Waals surface area contributed by atoms with Gasteiger partial charge in [-0.05, 0) is 79.1 Å². The minimum Gasteiger partial charge on any atom is -0.327 e. The van der Waals surface area contributed by atoms with Crippen molar-refractivity contribution >= 4 is 29.2 Å². The summed E-state index contributed by atoms with van der Waals surface area (Å²) in [5, 5.41) is 5.79. The van der Waals surface area contributed by atoms with Crippen LogP contribution in [0.3, 0.4) is 0 Å². The van der Waals surface area contributed by atoms with Crippen molar-refractivity contribution in [1.29, 1.82) is 0 Å². The molecule has 3 aliphatic rings. The zero-order valence-electron chi connectivity index (χ0n) is 23.5. The van der Waals surface area contributed by atoms with Gasteiger partial charge in [-0.1, -0.05) is 26.0 Å². The van der Waals surface area contributed by atoms with Crippen molar-refractivity contribution in [3.05, 3.63) is 88.6 Å². The smallest absolute Gasteiger partial charge is 0.244 e. The van der Waals surface area contributed by atoms with E-state index >= 15 is 0 Å². The van der Waals surface area contributed by atoms with Crippen LogP contribution in [0.2, 0.25) is 0 Å². The molecule has 6 rings (SSSR count). The maximum absolute atomic E-state index is 14.2. The Morgan fingerprint density at radius 1 is 1.07 bits per heavy atom. The molecule has 3 heterocycles. The van der Waals surface area contributed by atoms with Crippen LogP contribution in [0, 0.1) is 17.0 Å². The third-order valence-corrected chi connectivity index (χ3v) is 9.56. The third kappa shape index (κ3) is 4.36. The van der Waals surface area contributed by atoms with Crippen LogP contribution in [-0.2, 0) is 32.6 Å². The number of carbonyl (C=O) groups is 3. The number of fused-ring (bicyclic) bond motifs is 3. The molecule has 0 radical (unpaired) electrons. The van der Waals surface area contributed by atoms with Crippen LogP contribution < -0.4 is 16.4 Å². The van der Waals surface area contributed by atoms with Crippen molar-refractivity contribution in [3.8, 4) is 0 Å². The molecule has 10 heteroatoms. The molecule has 2 aromatic carbocycles. The second-order valence-electron chi connectivity index (χ2n) is 11.7. The number of likely N-dealkylation sites (tertiary alicyclic amines) is 1. The summed E-state index contributed by atoms with van der Waals surface area (Å²) in [5.41, 5.74) is 8.54. The molecule has 4 N–H and O–H groups in total. The van der Waals surface area contributed by atoms with E-state index in [1.54, 1.807) is 12.3 Å². The number of piperidine rings is 1. The van der Waals surface area contributed by atoms with Gasteiger partial charge in [-0.3, -0.25) is 14.4 Å². The lowest BCUT2D eigenvalue weighted by Crippen LogP contribution is -2.60. The predicted molar refractivity (Wildman–Crippen MR) is 153 cm³/mol. The van der Waals surface area contributed by atoms with Crippen molar-refractivity contribution < 1.29 is 23.2 Å². The van der Waals surface area contributed by atoms with E-state index in [1.807, 2.05) is 38.1 Å². The number of anilines is 2. The van der Waals surface area contributed by atoms with E-state index in [4.69, 9.17) is 5.73 Å². The normalized spacial score (nSPS) is 24.0. The fourth-order valence-electron chi connectivity index (χ4n) is 7.22. The summed E-state index contributed by atoms with van der Waals surface area (Å²) < 4.78 is 28.4. The maximum Gasteiger partial charge on any atom is 0.244 e. The first kappa shape index (κ1) is 28.0. The molecule has 3 aromatic rings. The number of hydrogen-bond acceptors (Lipinski definition) is 5. The van der Waals surface area contributed by atoms with Crippen LogP contribution >= 0.6 is 0 Å². The quantitative estimate of drug-likeness (QED) is 0.404. The molecule has 2 aliphatic heterocycles. The monoisotopic (exact) mass is 573 g/mol. The molecule has 1 spiro atoms. The van der Waals surface area contributed by atoms with Crippen LogP contribution in [0.4, 0.5) is 20.3 Å². The number of benzene rings is 2. The number of pyridine rings is 1. The zero-order chi connectivity index (χ0) is 29.8. The number of nitrogens with one attached hydrogen (secondary N) is 2. The van der Waals surface area contributed by atoms with Gasteiger partial charge in [0, 0.05) is 29.6 Å². The Kier molecular flexibility index (Phi) is 6.84. The van der Waals surface area contributed by atoms with Crippen LogP contribution in [0.25, 0.3) is 0 Å². The Morgan fingerprint density at radius 3 is 2.50 bits per heavy atom. The summed E-state index contributed by atoms with van der Waals surface area (Å²) in [6.07, 6.45) is 3.88. The third-order valence-electron chi connectivity index (χ3n) is 9.56. The highest BCUT2D eigenvalue weighted by molar-refractivity contribution is 6.06. The molecule has 1 fully saturated rings. The average molecular weight is 574 g/mol. The fraction of sp³-hybridized carbons (Fsp3) is 0.375. The number of rotatable bonds is 6. The molecule has 0 bridgehead atoms. The summed E-state index contributed by atoms with van der Waals surface area (Å²) in [7, 11) is 0. The van der Waals surface area contributed by atoms with Gasteiger partial charge in [-0.2, -0.15) is 0 Å². The lowest BCUT2D eigenvalue weighted by molar-refractivity contribution is -0.155. The Morgan fingerprint density at radius 2 is 1.79 bits per heavy atom. The van der Waals surface area contributed by atoms with Crippen LogP contribution in [0.15, 0.2) is 54.7 Å². The highest BCUT2D eigenvalue weighted by Gasteiger charge is 2.52. The Balaban J connectivity index is 1.25. The van der Waals surface area contributed by atoms with E-state index in [-0.39, 0.29) is 30.3 Å². The molecule has 1 saturated heterocycles. The predicted octanol–water partition coefficient (Wildman–Crippen LogP) is 4.39. The number of nitrogens with zero attached hydrogens (tertiary/aromatic N) is 2. The van der Waals surface area contributed by atoms with E-state index in [1.165, 1.54) is 17.0 Å². The van der Waals surface area contributed by atoms with Gasteiger partial charge in [0.2, 0.25) is 17.7 Å². The minimum atomic E-state index is -0.877. The van der Waals surface area contributed by atoms with Gasteiger partial charge in [0.15, 0.2) is 0 Å². The molecule has 8 nitrogen and oxygen atoms in total. The molecule has 0 unspecified atom stereocenters. The van der Waals surface area contributed by atoms with Gasteiger partial charge >= 0.3 is 0 Å². The number of nitrogens with two attached hydrogens (primary N) is 1. The molecule has 1 aliphatic carbocycles. The number of aromatic nitrogens is 1. The Labute approximate surface area is 242 Å². The van der Waals surface area contributed by atoms with Crippen molar-refractivity contribution in [3.63, 3.8) is 0 Å². The van der Waals surface area contributed by atoms with Crippen molar-refractivity contribution in [2.75, 3.05) is 17.2 Å². The molecule has 0 saturated carbocycles. The molecular weight excluding hydrogens is 540 g/mol. The van der Waals surface area contributed by atoms with Crippen LogP contribution in [0.1, 0.15) is 61.4 Å². The first-order valence-electron chi connectivity index (χ1n) is 14.3. The van der Waals surface area contributed by atoms with E-state index in [2.05, 4.69) is 15.6 Å². The second-order valence-corrected chi connectivity index (χ2v) is 11.7. The SMILES string of the molecule is CCC1(CC)C(=O)N(CC(=O)Nc2ccc3c(c2)C[C@@]2(C3)C(=O)Nc3ncccc32)[C@H](c2cc(F)cc(F)c2)C[C@H]1N. The summed E-state index contributed by atoms with van der Waals surface area (Å²) in [5.74, 6) is -1.77. The van der Waals surface area contributed by atoms with Gasteiger partial charge in [0.1, 0.15) is 24.0 Å². The second kappa shape index (κ2) is 10.3. The van der Waals surface area contributed by atoms with E-state index in [0.717, 1.165) is 22.8 Å². The summed E-state index contributed by atoms with van der Waals surface area (Å²) in [6.45, 7) is 3.47. The first-order chi connectivity index (χ1) is 20.1. The largest absolute Gasteiger partial charge is 0.327 e. The molecule has 1 aromatic heterocycles. The summed E-state index contributed by atoms with van der Waals surface area (Å²) in [6, 6.07) is 11.1. The van der Waals surface area contributed by atoms with Crippen molar-refractivity contribution in [2.24, 2.45) is 11.1 Å². The Hall–Kier alpha value is -4.18. The summed E-state index contributed by atoms with van der Waals surface area (Å²) >= 11 is 0. The Bertz CT molecular complexity index is 1590. The molecule has 3 atom stereocenters. The topological polar surface area (TPSA) is 117 Å². The summed E-state index contributed by atoms with van der Waals surface area (Å²) in [4.78, 5) is 46.1. The number of halogens is 2. The number of amides is 3. The molecule has 42 heavy (non-hydrogen) atoms. The molecular formula is C32H33F2N5O3. The lowest BCUT2D eigenvalue weighted by Gasteiger charge is -2.49. The van der Waals surface area contributed by atoms with E-state index in [9.17, 15) is 23.2 Å². The van der Waals surface area contributed by atoms with E-state index in [0.29, 0.717) is 37.2 Å². The molecule has 218 valence electrons. The zero-order valence-corrected chi connectivity index (χ0v) is 23.5. The standard InChI is InChI=1S/C32H33F2N5O3/c1-3-31(4-2)26(35)14-25(19-10-21(33)13-22(34)11-19)39(30(31)42)17-27(40)37-23-8-7-18-15-32(16-20(18)12-23)24-6-5-9-36-28(24)38-29(32)41/h5-13,25-26H,3-4,14-17,35H2,1-2H3,(H,37,40)(H,36,38,41)/t25-,26+,32+/m0/s1. The van der Waals surface area contributed by atoms with Gasteiger partial charge in [0.25, 0.3) is 0 Å². The van der Waals surface area contributed by atoms with Gasteiger partial charge in [0.05, 0.1) is 16.9 Å². The van der Waals surface area contributed by atoms with Crippen molar-refractivity contribution in [2.45, 2.75) is 63.5 Å². The van der Waals surface area contributed by atoms with Crippen molar-refractivity contribution in [1.82, 2.24) is 9.88 Å². The van der Waals surface area contributed by atoms with Gasteiger partial charge in [-0.25, -0.2) is 13.8 Å². The first-order valence-corrected chi connectivity index (χ1v) is 14.3. The number of hydrogen-bond donors (Lipinski definition) is 3. The number of carbonyl (C=O) groups excluding carboxylic acids is 3. The fourth-order valence-corrected chi connectivity index (χ4v) is 7.22. The van der Waals surface area contributed by atoms with Crippen LogP contribution in [0.5, 0.6) is 0 Å². The maximum atomic E-state index is 14.2. The molecule has 3 amide bonds. The van der Waals surface area contributed by atoms with Gasteiger partial charge in [-0.15, -0.1) is 0 Å². The minimum absolute atomic E-state index is 0.0880. The van der Waals surface area contributed by atoms with Gasteiger partial charge < -0.3 is 21.3 Å². The highest BCUT2D eigenvalue weighted by Crippen LogP contribution is 2.47. The lowest BCUT2D eigenvalue weighted by atomic mass is 9.68.